The van der Waals surface area contributed by atoms with Gasteiger partial charge in [-0.3, -0.25) is 4.68 Å². The van der Waals surface area contributed by atoms with Gasteiger partial charge in [-0.05, 0) is 32.2 Å². The third kappa shape index (κ3) is 4.71. The molecule has 123 valence electrons. The molecule has 22 heavy (non-hydrogen) atoms. The van der Waals surface area contributed by atoms with E-state index in [-0.39, 0.29) is 0 Å². The average molecular weight is 305 g/mol. The molecule has 1 aliphatic carbocycles. The molecule has 0 N–H and O–H groups in total. The lowest BCUT2D eigenvalue weighted by atomic mass is 9.96. The summed E-state index contributed by atoms with van der Waals surface area (Å²) in [5, 5.41) is 8.97. The molecule has 0 aromatic carbocycles. The molecule has 0 amide bonds. The third-order valence-electron chi connectivity index (χ3n) is 4.80. The molecule has 0 unspecified atom stereocenters. The van der Waals surface area contributed by atoms with Crippen LogP contribution in [-0.4, -0.2) is 54.0 Å². The van der Waals surface area contributed by atoms with Crippen molar-refractivity contribution in [3.05, 3.63) is 12.3 Å². The Kier molecular flexibility index (Phi) is 6.13. The number of piperazine rings is 1. The monoisotopic (exact) mass is 305 g/mol. The minimum atomic E-state index is 0.593. The summed E-state index contributed by atoms with van der Waals surface area (Å²) in [4.78, 5) is 2.50. The maximum atomic E-state index is 5.80. The van der Waals surface area contributed by atoms with Crippen molar-refractivity contribution in [2.45, 2.75) is 51.0 Å². The van der Waals surface area contributed by atoms with Crippen LogP contribution >= 0.6 is 0 Å². The van der Waals surface area contributed by atoms with Crippen molar-refractivity contribution < 1.29 is 4.74 Å². The SMILES string of the molecule is c1cn(C2CCCCC2)nc1OCCCCN1CC[N]CC1. The van der Waals surface area contributed by atoms with Crippen molar-refractivity contribution in [2.24, 2.45) is 0 Å². The number of ether oxygens (including phenoxy) is 1. The van der Waals surface area contributed by atoms with E-state index in [4.69, 9.17) is 4.74 Å². The fourth-order valence-corrected chi connectivity index (χ4v) is 3.43. The number of hydrogen-bond donors (Lipinski definition) is 0. The molecule has 5 heteroatoms. The van der Waals surface area contributed by atoms with E-state index in [0.29, 0.717) is 6.04 Å². The summed E-state index contributed by atoms with van der Waals surface area (Å²) in [5.41, 5.74) is 0. The van der Waals surface area contributed by atoms with Crippen LogP contribution in [0.4, 0.5) is 0 Å². The van der Waals surface area contributed by atoms with Crippen LogP contribution in [0.25, 0.3) is 0 Å². The van der Waals surface area contributed by atoms with Gasteiger partial charge in [0, 0.05) is 38.4 Å². The Labute approximate surface area is 134 Å². The van der Waals surface area contributed by atoms with E-state index in [0.717, 1.165) is 45.1 Å². The smallest absolute Gasteiger partial charge is 0.232 e. The summed E-state index contributed by atoms with van der Waals surface area (Å²) in [6.45, 7) is 6.23. The van der Waals surface area contributed by atoms with Gasteiger partial charge in [0.15, 0.2) is 0 Å². The zero-order valence-electron chi connectivity index (χ0n) is 13.6. The number of aromatic nitrogens is 2. The molecule has 1 aromatic heterocycles. The van der Waals surface area contributed by atoms with Gasteiger partial charge in [-0.25, -0.2) is 5.32 Å². The van der Waals surface area contributed by atoms with Gasteiger partial charge in [0.05, 0.1) is 12.6 Å². The van der Waals surface area contributed by atoms with E-state index in [9.17, 15) is 0 Å². The highest BCUT2D eigenvalue weighted by atomic mass is 16.5. The van der Waals surface area contributed by atoms with Crippen molar-refractivity contribution in [1.29, 1.82) is 0 Å². The van der Waals surface area contributed by atoms with E-state index >= 15 is 0 Å². The van der Waals surface area contributed by atoms with Crippen LogP contribution in [0.1, 0.15) is 51.0 Å². The van der Waals surface area contributed by atoms with E-state index in [1.54, 1.807) is 0 Å². The molecule has 0 bridgehead atoms. The predicted molar refractivity (Wildman–Crippen MR) is 87.4 cm³/mol. The highest BCUT2D eigenvalue weighted by molar-refractivity contribution is 5.06. The van der Waals surface area contributed by atoms with Crippen LogP contribution in [0.2, 0.25) is 0 Å². The summed E-state index contributed by atoms with van der Waals surface area (Å²) in [5.74, 6) is 0.794. The number of unbranched alkanes of at least 4 members (excludes halogenated alkanes) is 1. The normalized spacial score (nSPS) is 21.1. The van der Waals surface area contributed by atoms with Gasteiger partial charge in [-0.2, -0.15) is 0 Å². The fourth-order valence-electron chi connectivity index (χ4n) is 3.43. The average Bonchev–Trinajstić information content (AvgIpc) is 3.05. The zero-order chi connectivity index (χ0) is 15.0. The quantitative estimate of drug-likeness (QED) is 0.727. The highest BCUT2D eigenvalue weighted by Crippen LogP contribution is 2.28. The summed E-state index contributed by atoms with van der Waals surface area (Å²) in [6, 6.07) is 2.61. The van der Waals surface area contributed by atoms with Crippen molar-refractivity contribution >= 4 is 0 Å². The molecule has 1 saturated carbocycles. The van der Waals surface area contributed by atoms with Gasteiger partial charge in [-0.15, -0.1) is 5.10 Å². The van der Waals surface area contributed by atoms with E-state index in [1.807, 2.05) is 6.07 Å². The Bertz CT molecular complexity index is 422. The standard InChI is InChI=1S/C17H29N4O/c1-2-6-16(7-3-1)21-12-8-17(19-21)22-15-5-4-11-20-13-9-18-10-14-20/h8,12,16H,1-7,9-11,13-15H2. The molecule has 2 fully saturated rings. The lowest BCUT2D eigenvalue weighted by molar-refractivity contribution is 0.221. The maximum absolute atomic E-state index is 5.80. The summed E-state index contributed by atoms with van der Waals surface area (Å²) >= 11 is 0. The van der Waals surface area contributed by atoms with Crippen LogP contribution in [0.3, 0.4) is 0 Å². The zero-order valence-corrected chi connectivity index (χ0v) is 13.6. The van der Waals surface area contributed by atoms with Gasteiger partial charge >= 0.3 is 0 Å². The first kappa shape index (κ1) is 15.8. The Morgan fingerprint density at radius 1 is 1.09 bits per heavy atom. The van der Waals surface area contributed by atoms with E-state index in [2.05, 4.69) is 26.2 Å². The molecular weight excluding hydrogens is 276 g/mol. The lowest BCUT2D eigenvalue weighted by Gasteiger charge is -2.25. The molecule has 5 nitrogen and oxygen atoms in total. The van der Waals surface area contributed by atoms with Crippen LogP contribution in [0.15, 0.2) is 12.3 Å². The Morgan fingerprint density at radius 2 is 1.91 bits per heavy atom. The molecule has 2 aliphatic rings. The van der Waals surface area contributed by atoms with E-state index < -0.39 is 0 Å². The van der Waals surface area contributed by atoms with Crippen LogP contribution < -0.4 is 10.1 Å². The Balaban J connectivity index is 1.31. The number of hydrogen-bond acceptors (Lipinski definition) is 3. The minimum absolute atomic E-state index is 0.593. The molecular formula is C17H29N4O. The van der Waals surface area contributed by atoms with Gasteiger partial charge < -0.3 is 9.64 Å². The Morgan fingerprint density at radius 3 is 2.73 bits per heavy atom. The topological polar surface area (TPSA) is 44.4 Å². The van der Waals surface area contributed by atoms with Crippen LogP contribution in [-0.2, 0) is 0 Å². The second-order valence-electron chi connectivity index (χ2n) is 6.49. The maximum Gasteiger partial charge on any atom is 0.232 e. The van der Waals surface area contributed by atoms with E-state index in [1.165, 1.54) is 45.1 Å². The van der Waals surface area contributed by atoms with Crippen molar-refractivity contribution in [1.82, 2.24) is 20.0 Å². The Hall–Kier alpha value is -1.07. The molecule has 2 heterocycles. The molecule has 1 aliphatic heterocycles. The fraction of sp³-hybridized carbons (Fsp3) is 0.824. The summed E-state index contributed by atoms with van der Waals surface area (Å²) < 4.78 is 7.91. The van der Waals surface area contributed by atoms with Gasteiger partial charge in [0.2, 0.25) is 5.88 Å². The first-order valence-corrected chi connectivity index (χ1v) is 8.95. The number of rotatable bonds is 7. The highest BCUT2D eigenvalue weighted by Gasteiger charge is 2.16. The minimum Gasteiger partial charge on any atom is -0.477 e. The van der Waals surface area contributed by atoms with Gasteiger partial charge in [-0.1, -0.05) is 19.3 Å². The van der Waals surface area contributed by atoms with Crippen LogP contribution in [0.5, 0.6) is 5.88 Å². The van der Waals surface area contributed by atoms with Gasteiger partial charge in [0.1, 0.15) is 0 Å². The molecule has 1 radical (unpaired) electrons. The molecule has 0 atom stereocenters. The second-order valence-corrected chi connectivity index (χ2v) is 6.49. The third-order valence-corrected chi connectivity index (χ3v) is 4.80. The number of nitrogens with zero attached hydrogens (tertiary/aromatic N) is 4. The molecule has 3 rings (SSSR count). The molecule has 0 spiro atoms. The molecule has 1 aromatic rings. The summed E-state index contributed by atoms with van der Waals surface area (Å²) in [6.07, 6.45) is 11.0. The van der Waals surface area contributed by atoms with Crippen molar-refractivity contribution in [3.63, 3.8) is 0 Å². The first-order valence-electron chi connectivity index (χ1n) is 8.95. The van der Waals surface area contributed by atoms with Gasteiger partial charge in [0.25, 0.3) is 0 Å². The first-order chi connectivity index (χ1) is 10.9. The summed E-state index contributed by atoms with van der Waals surface area (Å²) in [7, 11) is 0. The predicted octanol–water partition coefficient (Wildman–Crippen LogP) is 2.47. The largest absolute Gasteiger partial charge is 0.477 e. The van der Waals surface area contributed by atoms with Crippen LogP contribution in [0, 0.1) is 0 Å². The lowest BCUT2D eigenvalue weighted by Crippen LogP contribution is -2.40. The second kappa shape index (κ2) is 8.53. The van der Waals surface area contributed by atoms with Crippen molar-refractivity contribution in [3.8, 4) is 5.88 Å². The molecule has 1 saturated heterocycles. The van der Waals surface area contributed by atoms with Crippen molar-refractivity contribution in [2.75, 3.05) is 39.3 Å².